The number of ether oxygens (including phenoxy) is 1. The van der Waals surface area contributed by atoms with E-state index in [0.717, 1.165) is 16.7 Å². The molecule has 3 rings (SSSR count). The maximum atomic E-state index is 13.3. The van der Waals surface area contributed by atoms with E-state index >= 15 is 0 Å². The second-order valence-corrected chi connectivity index (χ2v) is 10.4. The average molecular weight is 473 g/mol. The molecule has 0 spiro atoms. The molecule has 0 atom stereocenters. The number of amides is 1. The largest absolute Gasteiger partial charge is 0.469 e. The molecule has 0 saturated carbocycles. The van der Waals surface area contributed by atoms with E-state index in [2.05, 4.69) is 0 Å². The predicted octanol–water partition coefficient (Wildman–Crippen LogP) is 3.30. The lowest BCUT2D eigenvalue weighted by molar-refractivity contribution is -0.143. The zero-order valence-corrected chi connectivity index (χ0v) is 20.3. The molecule has 1 fully saturated rings. The minimum atomic E-state index is -3.60. The summed E-state index contributed by atoms with van der Waals surface area (Å²) in [6, 6.07) is 14.8. The third-order valence-corrected chi connectivity index (χ3v) is 8.16. The molecule has 2 aromatic rings. The van der Waals surface area contributed by atoms with E-state index in [1.165, 1.54) is 11.4 Å². The predicted molar refractivity (Wildman–Crippen MR) is 126 cm³/mol. The SMILES string of the molecule is COC(=O)CCN(Cc1ccccc1)C(=O)C1CCN(S(=O)(=O)c2ccc(C)c(C)c2)CC1. The molecule has 1 heterocycles. The highest BCUT2D eigenvalue weighted by Crippen LogP contribution is 2.26. The molecule has 0 unspecified atom stereocenters. The molecular formula is C25H32N2O5S. The first-order valence-corrected chi connectivity index (χ1v) is 12.6. The molecule has 0 aromatic heterocycles. The van der Waals surface area contributed by atoms with Gasteiger partial charge in [0, 0.05) is 32.1 Å². The second-order valence-electron chi connectivity index (χ2n) is 8.50. The molecule has 0 aliphatic carbocycles. The van der Waals surface area contributed by atoms with E-state index in [1.54, 1.807) is 17.0 Å². The van der Waals surface area contributed by atoms with Crippen LogP contribution in [0.2, 0.25) is 0 Å². The number of nitrogens with zero attached hydrogens (tertiary/aromatic N) is 2. The summed E-state index contributed by atoms with van der Waals surface area (Å²) in [7, 11) is -2.27. The number of sulfonamides is 1. The van der Waals surface area contributed by atoms with Gasteiger partial charge in [0.05, 0.1) is 18.4 Å². The molecule has 7 nitrogen and oxygen atoms in total. The van der Waals surface area contributed by atoms with E-state index < -0.39 is 10.0 Å². The molecule has 1 aliphatic heterocycles. The summed E-state index contributed by atoms with van der Waals surface area (Å²) in [6.07, 6.45) is 1.02. The number of benzene rings is 2. The van der Waals surface area contributed by atoms with Crippen molar-refractivity contribution in [3.05, 3.63) is 65.2 Å². The number of esters is 1. The Bertz CT molecular complexity index is 1080. The first kappa shape index (κ1) is 24.9. The number of hydrogen-bond donors (Lipinski definition) is 0. The van der Waals surface area contributed by atoms with Crippen LogP contribution in [0, 0.1) is 19.8 Å². The summed E-state index contributed by atoms with van der Waals surface area (Å²) in [4.78, 5) is 27.0. The van der Waals surface area contributed by atoms with Gasteiger partial charge in [0.15, 0.2) is 0 Å². The maximum Gasteiger partial charge on any atom is 0.307 e. The third kappa shape index (κ3) is 6.21. The van der Waals surface area contributed by atoms with Crippen LogP contribution in [-0.4, -0.2) is 56.2 Å². The van der Waals surface area contributed by atoms with Crippen molar-refractivity contribution in [1.82, 2.24) is 9.21 Å². The monoisotopic (exact) mass is 472 g/mol. The zero-order valence-electron chi connectivity index (χ0n) is 19.5. The smallest absolute Gasteiger partial charge is 0.307 e. The van der Waals surface area contributed by atoms with Crippen LogP contribution in [0.15, 0.2) is 53.4 Å². The van der Waals surface area contributed by atoms with Crippen molar-refractivity contribution in [2.24, 2.45) is 5.92 Å². The van der Waals surface area contributed by atoms with Gasteiger partial charge >= 0.3 is 5.97 Å². The van der Waals surface area contributed by atoms with Gasteiger partial charge in [-0.2, -0.15) is 4.31 Å². The van der Waals surface area contributed by atoms with Crippen LogP contribution in [0.5, 0.6) is 0 Å². The van der Waals surface area contributed by atoms with Crippen LogP contribution in [0.25, 0.3) is 0 Å². The van der Waals surface area contributed by atoms with Gasteiger partial charge in [-0.3, -0.25) is 9.59 Å². The highest BCUT2D eigenvalue weighted by molar-refractivity contribution is 7.89. The van der Waals surface area contributed by atoms with Crippen LogP contribution in [-0.2, 0) is 30.9 Å². The number of piperidine rings is 1. The quantitative estimate of drug-likeness (QED) is 0.551. The minimum absolute atomic E-state index is 0.0500. The Morgan fingerprint density at radius 1 is 1.03 bits per heavy atom. The molecule has 33 heavy (non-hydrogen) atoms. The van der Waals surface area contributed by atoms with Crippen molar-refractivity contribution in [3.63, 3.8) is 0 Å². The van der Waals surface area contributed by atoms with Crippen molar-refractivity contribution in [2.45, 2.75) is 44.6 Å². The molecule has 0 N–H and O–H groups in total. The molecule has 0 bridgehead atoms. The lowest BCUT2D eigenvalue weighted by Crippen LogP contribution is -2.44. The minimum Gasteiger partial charge on any atom is -0.469 e. The average Bonchev–Trinajstić information content (AvgIpc) is 2.83. The van der Waals surface area contributed by atoms with Crippen LogP contribution in [0.4, 0.5) is 0 Å². The lowest BCUT2D eigenvalue weighted by atomic mass is 9.96. The number of aryl methyl sites for hydroxylation is 2. The Kier molecular flexibility index (Phi) is 8.26. The Morgan fingerprint density at radius 2 is 1.70 bits per heavy atom. The van der Waals surface area contributed by atoms with E-state index in [4.69, 9.17) is 4.74 Å². The summed E-state index contributed by atoms with van der Waals surface area (Å²) in [5.41, 5.74) is 2.96. The molecule has 2 aromatic carbocycles. The fourth-order valence-corrected chi connectivity index (χ4v) is 5.58. The number of carbonyl (C=O) groups excluding carboxylic acids is 2. The topological polar surface area (TPSA) is 84.0 Å². The first-order valence-electron chi connectivity index (χ1n) is 11.2. The summed E-state index contributed by atoms with van der Waals surface area (Å²) in [6.45, 7) is 5.10. The van der Waals surface area contributed by atoms with Crippen molar-refractivity contribution in [1.29, 1.82) is 0 Å². The Labute approximate surface area is 196 Å². The van der Waals surface area contributed by atoms with Crippen molar-refractivity contribution >= 4 is 21.9 Å². The van der Waals surface area contributed by atoms with E-state index in [1.807, 2.05) is 50.2 Å². The lowest BCUT2D eigenvalue weighted by Gasteiger charge is -2.34. The molecule has 1 amide bonds. The van der Waals surface area contributed by atoms with Crippen LogP contribution >= 0.6 is 0 Å². The van der Waals surface area contributed by atoms with Gasteiger partial charge in [0.2, 0.25) is 15.9 Å². The van der Waals surface area contributed by atoms with Gasteiger partial charge in [0.25, 0.3) is 0 Å². The van der Waals surface area contributed by atoms with Crippen LogP contribution < -0.4 is 0 Å². The van der Waals surface area contributed by atoms with E-state index in [-0.39, 0.29) is 30.8 Å². The molecule has 1 aliphatic rings. The molecule has 1 saturated heterocycles. The maximum absolute atomic E-state index is 13.3. The van der Waals surface area contributed by atoms with Gasteiger partial charge in [-0.25, -0.2) is 8.42 Å². The van der Waals surface area contributed by atoms with E-state index in [9.17, 15) is 18.0 Å². The van der Waals surface area contributed by atoms with Crippen molar-refractivity contribution in [2.75, 3.05) is 26.7 Å². The van der Waals surface area contributed by atoms with Crippen LogP contribution in [0.3, 0.4) is 0 Å². The molecule has 0 radical (unpaired) electrons. The summed E-state index contributed by atoms with van der Waals surface area (Å²) < 4.78 is 32.4. The summed E-state index contributed by atoms with van der Waals surface area (Å²) >= 11 is 0. The fourth-order valence-electron chi connectivity index (χ4n) is 4.02. The number of rotatable bonds is 8. The third-order valence-electron chi connectivity index (χ3n) is 6.26. The highest BCUT2D eigenvalue weighted by atomic mass is 32.2. The summed E-state index contributed by atoms with van der Waals surface area (Å²) in [5.74, 6) is -0.696. The van der Waals surface area contributed by atoms with Crippen molar-refractivity contribution in [3.8, 4) is 0 Å². The fraction of sp³-hybridized carbons (Fsp3) is 0.440. The van der Waals surface area contributed by atoms with Gasteiger partial charge in [-0.15, -0.1) is 0 Å². The molecule has 178 valence electrons. The van der Waals surface area contributed by atoms with E-state index in [0.29, 0.717) is 37.4 Å². The molecular weight excluding hydrogens is 440 g/mol. The number of methoxy groups -OCH3 is 1. The van der Waals surface area contributed by atoms with Gasteiger partial charge in [0.1, 0.15) is 0 Å². The number of hydrogen-bond acceptors (Lipinski definition) is 5. The highest BCUT2D eigenvalue weighted by Gasteiger charge is 2.34. The normalized spacial score (nSPS) is 15.2. The standard InChI is InChI=1S/C25H32N2O5S/c1-19-9-10-23(17-20(19)2)33(30,31)27-15-11-22(12-16-27)25(29)26(14-13-24(28)32-3)18-21-7-5-4-6-8-21/h4-10,17,22H,11-16,18H2,1-3H3. The van der Waals surface area contributed by atoms with Gasteiger partial charge in [-0.05, 0) is 55.5 Å². The first-order chi connectivity index (χ1) is 15.7. The Balaban J connectivity index is 1.67. The van der Waals surface area contributed by atoms with Crippen molar-refractivity contribution < 1.29 is 22.7 Å². The van der Waals surface area contributed by atoms with Gasteiger partial charge < -0.3 is 9.64 Å². The second kappa shape index (κ2) is 10.9. The molecule has 8 heteroatoms. The zero-order chi connectivity index (χ0) is 24.0. The summed E-state index contributed by atoms with van der Waals surface area (Å²) in [5, 5.41) is 0. The van der Waals surface area contributed by atoms with Crippen LogP contribution in [0.1, 0.15) is 36.0 Å². The Hall–Kier alpha value is -2.71. The van der Waals surface area contributed by atoms with Gasteiger partial charge in [-0.1, -0.05) is 36.4 Å². The Morgan fingerprint density at radius 3 is 2.30 bits per heavy atom. The number of carbonyl (C=O) groups is 2.